The monoisotopic (exact) mass is 213 g/mol. The topological polar surface area (TPSA) is 58.4 Å². The molecule has 0 bridgehead atoms. The molecule has 1 amide bonds. The first-order valence-electron chi connectivity index (χ1n) is 5.92. The molecule has 3 N–H and O–H groups in total. The maximum absolute atomic E-state index is 11.7. The van der Waals surface area contributed by atoms with Gasteiger partial charge in [0.1, 0.15) is 0 Å². The molecule has 2 atom stereocenters. The number of carbonyl (C=O) groups excluding carboxylic acids is 1. The van der Waals surface area contributed by atoms with Crippen LogP contribution in [0.4, 0.5) is 0 Å². The summed E-state index contributed by atoms with van der Waals surface area (Å²) in [6.07, 6.45) is 4.18. The number of nitrogens with zero attached hydrogens (tertiary/aromatic N) is 1. The highest BCUT2D eigenvalue weighted by molar-refractivity contribution is 5.81. The van der Waals surface area contributed by atoms with Crippen LogP contribution in [0.3, 0.4) is 0 Å². The second-order valence-electron chi connectivity index (χ2n) is 4.15. The zero-order valence-electron chi connectivity index (χ0n) is 9.83. The lowest BCUT2D eigenvalue weighted by Gasteiger charge is -2.31. The third-order valence-corrected chi connectivity index (χ3v) is 3.28. The van der Waals surface area contributed by atoms with E-state index in [2.05, 4.69) is 17.1 Å². The van der Waals surface area contributed by atoms with Gasteiger partial charge in [0.05, 0.1) is 6.04 Å². The lowest BCUT2D eigenvalue weighted by atomic mass is 10.1. The fourth-order valence-electron chi connectivity index (χ4n) is 2.47. The van der Waals surface area contributed by atoms with Gasteiger partial charge in [-0.1, -0.05) is 6.92 Å². The van der Waals surface area contributed by atoms with Crippen LogP contribution in [0.15, 0.2) is 0 Å². The molecule has 1 fully saturated rings. The molecule has 88 valence electrons. The fourth-order valence-corrected chi connectivity index (χ4v) is 2.47. The van der Waals surface area contributed by atoms with E-state index in [1.807, 2.05) is 0 Å². The summed E-state index contributed by atoms with van der Waals surface area (Å²) >= 11 is 0. The number of rotatable bonds is 5. The smallest absolute Gasteiger partial charge is 0.237 e. The molecule has 0 aromatic carbocycles. The lowest BCUT2D eigenvalue weighted by Crippen LogP contribution is -2.47. The van der Waals surface area contributed by atoms with Crippen molar-refractivity contribution in [2.45, 2.75) is 44.7 Å². The molecule has 1 saturated heterocycles. The molecule has 2 unspecified atom stereocenters. The van der Waals surface area contributed by atoms with E-state index in [0.29, 0.717) is 12.6 Å². The number of amides is 1. The van der Waals surface area contributed by atoms with E-state index in [1.165, 1.54) is 0 Å². The Hall–Kier alpha value is -0.610. The van der Waals surface area contributed by atoms with Crippen LogP contribution < -0.4 is 11.1 Å². The van der Waals surface area contributed by atoms with Gasteiger partial charge < -0.3 is 11.1 Å². The Kier molecular flexibility index (Phi) is 5.05. The molecular formula is C11H23N3O. The number of hydrogen-bond donors (Lipinski definition) is 2. The fraction of sp³-hybridized carbons (Fsp3) is 0.909. The molecular weight excluding hydrogens is 190 g/mol. The van der Waals surface area contributed by atoms with Gasteiger partial charge in [-0.15, -0.1) is 0 Å². The quantitative estimate of drug-likeness (QED) is 0.691. The molecule has 1 aliphatic heterocycles. The van der Waals surface area contributed by atoms with E-state index in [9.17, 15) is 4.79 Å². The van der Waals surface area contributed by atoms with E-state index in [1.54, 1.807) is 7.05 Å². The van der Waals surface area contributed by atoms with Gasteiger partial charge in [-0.05, 0) is 38.8 Å². The van der Waals surface area contributed by atoms with Crippen LogP contribution in [0, 0.1) is 0 Å². The van der Waals surface area contributed by atoms with Gasteiger partial charge in [0.2, 0.25) is 5.91 Å². The molecule has 1 heterocycles. The van der Waals surface area contributed by atoms with Crippen molar-refractivity contribution in [3.8, 4) is 0 Å². The first kappa shape index (κ1) is 12.5. The molecule has 1 rings (SSSR count). The number of likely N-dealkylation sites (N-methyl/N-ethyl adjacent to an activating group) is 1. The third-order valence-electron chi connectivity index (χ3n) is 3.28. The summed E-state index contributed by atoms with van der Waals surface area (Å²) in [5.74, 6) is 0.156. The number of likely N-dealkylation sites (tertiary alicyclic amines) is 1. The highest BCUT2D eigenvalue weighted by Crippen LogP contribution is 2.23. The zero-order valence-corrected chi connectivity index (χ0v) is 9.83. The Morgan fingerprint density at radius 3 is 2.93 bits per heavy atom. The number of nitrogens with two attached hydrogens (primary N) is 1. The zero-order chi connectivity index (χ0) is 11.3. The Morgan fingerprint density at radius 2 is 2.40 bits per heavy atom. The first-order valence-corrected chi connectivity index (χ1v) is 5.92. The highest BCUT2D eigenvalue weighted by Gasteiger charge is 2.33. The summed E-state index contributed by atoms with van der Waals surface area (Å²) in [5, 5.41) is 2.75. The van der Waals surface area contributed by atoms with E-state index in [4.69, 9.17) is 5.73 Å². The van der Waals surface area contributed by atoms with E-state index >= 15 is 0 Å². The van der Waals surface area contributed by atoms with Crippen LogP contribution in [-0.4, -0.2) is 43.0 Å². The number of carbonyl (C=O) groups is 1. The predicted molar refractivity (Wildman–Crippen MR) is 61.5 cm³/mol. The molecule has 1 aliphatic rings. The normalized spacial score (nSPS) is 24.1. The van der Waals surface area contributed by atoms with Crippen LogP contribution in [0.25, 0.3) is 0 Å². The molecule has 15 heavy (non-hydrogen) atoms. The largest absolute Gasteiger partial charge is 0.358 e. The number of nitrogens with one attached hydrogen (secondary N) is 1. The summed E-state index contributed by atoms with van der Waals surface area (Å²) in [4.78, 5) is 14.0. The van der Waals surface area contributed by atoms with Crippen molar-refractivity contribution < 1.29 is 4.79 Å². The van der Waals surface area contributed by atoms with Gasteiger partial charge in [-0.3, -0.25) is 9.69 Å². The summed E-state index contributed by atoms with van der Waals surface area (Å²) in [7, 11) is 1.71. The Balaban J connectivity index is 2.61. The van der Waals surface area contributed by atoms with Crippen molar-refractivity contribution >= 4 is 5.91 Å². The average Bonchev–Trinajstić information content (AvgIpc) is 2.73. The molecule has 4 nitrogen and oxygen atoms in total. The van der Waals surface area contributed by atoms with E-state index < -0.39 is 0 Å². The Morgan fingerprint density at radius 1 is 1.67 bits per heavy atom. The summed E-state index contributed by atoms with van der Waals surface area (Å²) in [5.41, 5.74) is 5.60. The highest BCUT2D eigenvalue weighted by atomic mass is 16.2. The summed E-state index contributed by atoms with van der Waals surface area (Å²) < 4.78 is 0. The standard InChI is InChI=1S/C11H23N3O/c1-3-9(6-7-12)14-8-4-5-10(14)11(15)13-2/h9-10H,3-8,12H2,1-2H3,(H,13,15). The van der Waals surface area contributed by atoms with Crippen molar-refractivity contribution in [3.63, 3.8) is 0 Å². The van der Waals surface area contributed by atoms with Crippen molar-refractivity contribution in [2.75, 3.05) is 20.1 Å². The van der Waals surface area contributed by atoms with Gasteiger partial charge in [0.15, 0.2) is 0 Å². The summed E-state index contributed by atoms with van der Waals surface area (Å²) in [6.45, 7) is 3.91. The van der Waals surface area contributed by atoms with Crippen LogP contribution in [0.5, 0.6) is 0 Å². The van der Waals surface area contributed by atoms with Gasteiger partial charge in [0.25, 0.3) is 0 Å². The van der Waals surface area contributed by atoms with Crippen LogP contribution in [0.2, 0.25) is 0 Å². The second kappa shape index (κ2) is 6.08. The van der Waals surface area contributed by atoms with Crippen molar-refractivity contribution in [1.29, 1.82) is 0 Å². The Bertz CT molecular complexity index is 208. The van der Waals surface area contributed by atoms with Crippen LogP contribution in [0.1, 0.15) is 32.6 Å². The van der Waals surface area contributed by atoms with Gasteiger partial charge >= 0.3 is 0 Å². The second-order valence-corrected chi connectivity index (χ2v) is 4.15. The average molecular weight is 213 g/mol. The molecule has 0 aromatic heterocycles. The lowest BCUT2D eigenvalue weighted by molar-refractivity contribution is -0.125. The molecule has 0 spiro atoms. The van der Waals surface area contributed by atoms with Crippen molar-refractivity contribution in [1.82, 2.24) is 10.2 Å². The van der Waals surface area contributed by atoms with Gasteiger partial charge in [0, 0.05) is 13.1 Å². The maximum atomic E-state index is 11.7. The minimum atomic E-state index is 0.0755. The molecule has 0 aromatic rings. The number of hydrogen-bond acceptors (Lipinski definition) is 3. The SMILES string of the molecule is CCC(CCN)N1CCCC1C(=O)NC. The minimum Gasteiger partial charge on any atom is -0.358 e. The molecule has 0 aliphatic carbocycles. The van der Waals surface area contributed by atoms with Gasteiger partial charge in [-0.2, -0.15) is 0 Å². The Labute approximate surface area is 92.2 Å². The van der Waals surface area contributed by atoms with E-state index in [-0.39, 0.29) is 11.9 Å². The molecule has 0 saturated carbocycles. The molecule has 4 heteroatoms. The van der Waals surface area contributed by atoms with Crippen molar-refractivity contribution in [3.05, 3.63) is 0 Å². The third kappa shape index (κ3) is 2.92. The summed E-state index contributed by atoms with van der Waals surface area (Å²) in [6, 6.07) is 0.547. The first-order chi connectivity index (χ1) is 7.24. The van der Waals surface area contributed by atoms with E-state index in [0.717, 1.165) is 32.2 Å². The van der Waals surface area contributed by atoms with Crippen molar-refractivity contribution in [2.24, 2.45) is 5.73 Å². The van der Waals surface area contributed by atoms with Gasteiger partial charge in [-0.25, -0.2) is 0 Å². The van der Waals surface area contributed by atoms with Crippen LogP contribution in [-0.2, 0) is 4.79 Å². The molecule has 0 radical (unpaired) electrons. The minimum absolute atomic E-state index is 0.0755. The predicted octanol–water partition coefficient (Wildman–Crippen LogP) is 0.324. The van der Waals surface area contributed by atoms with Crippen LogP contribution >= 0.6 is 0 Å². The maximum Gasteiger partial charge on any atom is 0.237 e.